The third-order valence-corrected chi connectivity index (χ3v) is 3.59. The fraction of sp³-hybridized carbons (Fsp3) is 0.429. The van der Waals surface area contributed by atoms with E-state index in [0.717, 1.165) is 0 Å². The molecule has 0 aliphatic heterocycles. The smallest absolute Gasteiger partial charge is 0.408 e. The summed E-state index contributed by atoms with van der Waals surface area (Å²) in [5.41, 5.74) is 1.16. The van der Waals surface area contributed by atoms with Crippen molar-refractivity contribution in [3.8, 4) is 0 Å². The maximum absolute atomic E-state index is 11.9. The van der Waals surface area contributed by atoms with Crippen molar-refractivity contribution in [3.63, 3.8) is 0 Å². The molecule has 1 fully saturated rings. The molecular formula is C14H16N2O3. The summed E-state index contributed by atoms with van der Waals surface area (Å²) in [4.78, 5) is 23.7. The quantitative estimate of drug-likeness (QED) is 0.906. The second kappa shape index (κ2) is 4.57. The van der Waals surface area contributed by atoms with Gasteiger partial charge in [0.25, 0.3) is 0 Å². The Kier molecular flexibility index (Phi) is 2.89. The third kappa shape index (κ3) is 2.41. The monoisotopic (exact) mass is 260 g/mol. The van der Waals surface area contributed by atoms with Crippen LogP contribution in [-0.2, 0) is 11.3 Å². The van der Waals surface area contributed by atoms with E-state index in [1.807, 2.05) is 13.0 Å². The number of para-hydroxylation sites is 2. The van der Waals surface area contributed by atoms with Crippen LogP contribution in [0.3, 0.4) is 0 Å². The Labute approximate surface area is 110 Å². The van der Waals surface area contributed by atoms with E-state index in [9.17, 15) is 9.59 Å². The fourth-order valence-electron chi connectivity index (χ4n) is 2.32. The Balaban J connectivity index is 1.78. The van der Waals surface area contributed by atoms with E-state index in [4.69, 9.17) is 4.42 Å². The number of nitrogens with one attached hydrogen (secondary N) is 1. The maximum atomic E-state index is 11.9. The Bertz CT molecular complexity index is 667. The van der Waals surface area contributed by atoms with E-state index in [-0.39, 0.29) is 18.5 Å². The number of carbonyl (C=O) groups is 1. The van der Waals surface area contributed by atoms with Crippen LogP contribution in [0.2, 0.25) is 0 Å². The number of nitrogens with zero attached hydrogens (tertiary/aromatic N) is 1. The zero-order chi connectivity index (χ0) is 13.4. The molecule has 1 aliphatic rings. The number of carbonyl (C=O) groups excluding carboxylic acids is 1. The highest BCUT2D eigenvalue weighted by Gasteiger charge is 2.29. The number of hydrogen-bond acceptors (Lipinski definition) is 3. The first-order chi connectivity index (χ1) is 9.15. The SMILES string of the molecule is C[C@@H](NC(=O)Cn1c(=O)oc2ccccc21)C1CC1. The summed E-state index contributed by atoms with van der Waals surface area (Å²) in [6.45, 7) is 2.01. The molecule has 1 atom stereocenters. The largest absolute Gasteiger partial charge is 0.420 e. The lowest BCUT2D eigenvalue weighted by molar-refractivity contribution is -0.122. The number of amides is 1. The maximum Gasteiger partial charge on any atom is 0.420 e. The van der Waals surface area contributed by atoms with Crippen LogP contribution in [0.15, 0.2) is 33.5 Å². The predicted molar refractivity (Wildman–Crippen MR) is 70.8 cm³/mol. The number of fused-ring (bicyclic) bond motifs is 1. The number of oxazole rings is 1. The first-order valence-corrected chi connectivity index (χ1v) is 6.53. The van der Waals surface area contributed by atoms with Crippen molar-refractivity contribution in [2.24, 2.45) is 5.92 Å². The highest BCUT2D eigenvalue weighted by Crippen LogP contribution is 2.32. The third-order valence-electron chi connectivity index (χ3n) is 3.59. The topological polar surface area (TPSA) is 64.2 Å². The van der Waals surface area contributed by atoms with Crippen LogP contribution in [0.4, 0.5) is 0 Å². The zero-order valence-electron chi connectivity index (χ0n) is 10.8. The molecule has 1 aromatic carbocycles. The molecule has 1 heterocycles. The standard InChI is InChI=1S/C14H16N2O3/c1-9(10-6-7-10)15-13(17)8-16-11-4-2-3-5-12(11)19-14(16)18/h2-5,9-10H,6-8H2,1H3,(H,15,17)/t9-/m1/s1. The van der Waals surface area contributed by atoms with Crippen LogP contribution < -0.4 is 11.1 Å². The molecule has 1 N–H and O–H groups in total. The van der Waals surface area contributed by atoms with Crippen molar-refractivity contribution in [2.75, 3.05) is 0 Å². The Morgan fingerprint density at radius 2 is 2.21 bits per heavy atom. The molecule has 0 spiro atoms. The Morgan fingerprint density at radius 3 is 2.95 bits per heavy atom. The van der Waals surface area contributed by atoms with Gasteiger partial charge in [0.15, 0.2) is 5.58 Å². The molecule has 1 saturated carbocycles. The van der Waals surface area contributed by atoms with Gasteiger partial charge in [0.1, 0.15) is 6.54 Å². The Morgan fingerprint density at radius 1 is 1.47 bits per heavy atom. The van der Waals surface area contributed by atoms with Gasteiger partial charge in [-0.1, -0.05) is 12.1 Å². The minimum atomic E-state index is -0.490. The second-order valence-corrected chi connectivity index (χ2v) is 5.12. The molecule has 0 radical (unpaired) electrons. The summed E-state index contributed by atoms with van der Waals surface area (Å²) in [5.74, 6) is -0.0368. The molecule has 1 aliphatic carbocycles. The number of rotatable bonds is 4. The van der Waals surface area contributed by atoms with Gasteiger partial charge in [-0.25, -0.2) is 4.79 Å². The number of aromatic nitrogens is 1. The first-order valence-electron chi connectivity index (χ1n) is 6.53. The van der Waals surface area contributed by atoms with E-state index in [1.165, 1.54) is 17.4 Å². The van der Waals surface area contributed by atoms with Crippen molar-refractivity contribution in [2.45, 2.75) is 32.4 Å². The van der Waals surface area contributed by atoms with Crippen LogP contribution in [0.5, 0.6) is 0 Å². The summed E-state index contributed by atoms with van der Waals surface area (Å²) in [6, 6.07) is 7.29. The molecule has 100 valence electrons. The van der Waals surface area contributed by atoms with E-state index >= 15 is 0 Å². The normalized spacial score (nSPS) is 16.5. The molecule has 0 saturated heterocycles. The minimum absolute atomic E-state index is 0.00685. The van der Waals surface area contributed by atoms with Gasteiger partial charge >= 0.3 is 5.76 Å². The summed E-state index contributed by atoms with van der Waals surface area (Å²) >= 11 is 0. The van der Waals surface area contributed by atoms with E-state index in [2.05, 4.69) is 5.32 Å². The molecule has 0 unspecified atom stereocenters. The van der Waals surface area contributed by atoms with Gasteiger partial charge in [0.2, 0.25) is 5.91 Å². The van der Waals surface area contributed by atoms with Gasteiger partial charge in [-0.05, 0) is 37.8 Å². The van der Waals surface area contributed by atoms with Gasteiger partial charge in [-0.15, -0.1) is 0 Å². The number of benzene rings is 1. The first kappa shape index (κ1) is 12.0. The molecule has 1 amide bonds. The molecule has 0 bridgehead atoms. The van der Waals surface area contributed by atoms with Crippen LogP contribution in [-0.4, -0.2) is 16.5 Å². The fourth-order valence-corrected chi connectivity index (χ4v) is 2.32. The van der Waals surface area contributed by atoms with Crippen LogP contribution in [0.1, 0.15) is 19.8 Å². The number of hydrogen-bond donors (Lipinski definition) is 1. The van der Waals surface area contributed by atoms with Crippen molar-refractivity contribution < 1.29 is 9.21 Å². The van der Waals surface area contributed by atoms with E-state index in [0.29, 0.717) is 17.0 Å². The van der Waals surface area contributed by atoms with Gasteiger partial charge in [-0.2, -0.15) is 0 Å². The van der Waals surface area contributed by atoms with Crippen LogP contribution in [0.25, 0.3) is 11.1 Å². The minimum Gasteiger partial charge on any atom is -0.408 e. The summed E-state index contributed by atoms with van der Waals surface area (Å²) in [6.07, 6.45) is 2.35. The highest BCUT2D eigenvalue weighted by molar-refractivity contribution is 5.79. The van der Waals surface area contributed by atoms with Crippen molar-refractivity contribution in [1.29, 1.82) is 0 Å². The van der Waals surface area contributed by atoms with Gasteiger partial charge in [-0.3, -0.25) is 9.36 Å². The van der Waals surface area contributed by atoms with Crippen molar-refractivity contribution in [1.82, 2.24) is 9.88 Å². The lowest BCUT2D eigenvalue weighted by Crippen LogP contribution is -2.37. The van der Waals surface area contributed by atoms with Crippen LogP contribution >= 0.6 is 0 Å². The summed E-state index contributed by atoms with van der Waals surface area (Å²) in [7, 11) is 0. The molecule has 5 nitrogen and oxygen atoms in total. The summed E-state index contributed by atoms with van der Waals surface area (Å²) < 4.78 is 6.46. The van der Waals surface area contributed by atoms with Gasteiger partial charge in [0, 0.05) is 6.04 Å². The summed E-state index contributed by atoms with van der Waals surface area (Å²) in [5, 5.41) is 2.93. The molecule has 2 aromatic rings. The molecular weight excluding hydrogens is 244 g/mol. The highest BCUT2D eigenvalue weighted by atomic mass is 16.4. The van der Waals surface area contributed by atoms with Gasteiger partial charge in [0.05, 0.1) is 5.52 Å². The predicted octanol–water partition coefficient (Wildman–Crippen LogP) is 1.51. The molecule has 3 rings (SSSR count). The molecule has 1 aromatic heterocycles. The van der Waals surface area contributed by atoms with Crippen molar-refractivity contribution in [3.05, 3.63) is 34.8 Å². The molecule has 5 heteroatoms. The average Bonchev–Trinajstić information content (AvgIpc) is 3.17. The van der Waals surface area contributed by atoms with E-state index in [1.54, 1.807) is 18.2 Å². The molecule has 19 heavy (non-hydrogen) atoms. The zero-order valence-corrected chi connectivity index (χ0v) is 10.8. The lowest BCUT2D eigenvalue weighted by Gasteiger charge is -2.12. The second-order valence-electron chi connectivity index (χ2n) is 5.12. The average molecular weight is 260 g/mol. The van der Waals surface area contributed by atoms with Crippen LogP contribution in [0, 0.1) is 5.92 Å². The Hall–Kier alpha value is -2.04. The lowest BCUT2D eigenvalue weighted by atomic mass is 10.2. The van der Waals surface area contributed by atoms with E-state index < -0.39 is 5.76 Å². The van der Waals surface area contributed by atoms with Crippen molar-refractivity contribution >= 4 is 17.0 Å². The van der Waals surface area contributed by atoms with Gasteiger partial charge < -0.3 is 9.73 Å².